The number of aryl methyl sites for hydroxylation is 2. The summed E-state index contributed by atoms with van der Waals surface area (Å²) in [5.41, 5.74) is 3.07. The summed E-state index contributed by atoms with van der Waals surface area (Å²) in [7, 11) is 0. The van der Waals surface area contributed by atoms with Gasteiger partial charge in [-0.2, -0.15) is 0 Å². The minimum absolute atomic E-state index is 0.0103. The summed E-state index contributed by atoms with van der Waals surface area (Å²) >= 11 is 1.48. The van der Waals surface area contributed by atoms with Crippen LogP contribution in [0.3, 0.4) is 0 Å². The Morgan fingerprint density at radius 3 is 2.35 bits per heavy atom. The Balaban J connectivity index is 1.35. The van der Waals surface area contributed by atoms with Crippen molar-refractivity contribution in [2.24, 2.45) is 11.8 Å². The maximum Gasteiger partial charge on any atom is 0.265 e. The molecular weight excluding hydrogens is 406 g/mol. The first-order chi connectivity index (χ1) is 14.9. The van der Waals surface area contributed by atoms with Crippen molar-refractivity contribution in [2.75, 3.05) is 13.1 Å². The summed E-state index contributed by atoms with van der Waals surface area (Å²) in [6, 6.07) is 8.63. The predicted molar refractivity (Wildman–Crippen MR) is 125 cm³/mol. The number of hydrogen-bond donors (Lipinski definition) is 1. The zero-order valence-electron chi connectivity index (χ0n) is 18.8. The number of thiazole rings is 1. The molecule has 31 heavy (non-hydrogen) atoms. The van der Waals surface area contributed by atoms with Gasteiger partial charge in [0.2, 0.25) is 5.91 Å². The van der Waals surface area contributed by atoms with Crippen molar-refractivity contribution in [3.8, 4) is 10.6 Å². The molecular formula is C25H33N3O2S. The molecule has 1 atom stereocenters. The quantitative estimate of drug-likeness (QED) is 0.715. The van der Waals surface area contributed by atoms with E-state index in [1.54, 1.807) is 0 Å². The van der Waals surface area contributed by atoms with Crippen LogP contribution in [0, 0.1) is 25.7 Å². The molecule has 5 nitrogen and oxygen atoms in total. The number of nitrogens with one attached hydrogen (secondary N) is 1. The van der Waals surface area contributed by atoms with Crippen LogP contribution >= 0.6 is 11.3 Å². The molecule has 4 rings (SSSR count). The average Bonchev–Trinajstić information content (AvgIpc) is 3.43. The van der Waals surface area contributed by atoms with E-state index in [1.165, 1.54) is 29.7 Å². The van der Waals surface area contributed by atoms with E-state index >= 15 is 0 Å². The first-order valence-electron chi connectivity index (χ1n) is 11.6. The van der Waals surface area contributed by atoms with Crippen molar-refractivity contribution >= 4 is 23.2 Å². The monoisotopic (exact) mass is 439 g/mol. The van der Waals surface area contributed by atoms with Gasteiger partial charge in [-0.05, 0) is 45.4 Å². The topological polar surface area (TPSA) is 62.3 Å². The molecule has 0 unspecified atom stereocenters. The van der Waals surface area contributed by atoms with E-state index in [0.29, 0.717) is 25.0 Å². The van der Waals surface area contributed by atoms with Crippen molar-refractivity contribution in [3.05, 3.63) is 40.4 Å². The molecule has 0 spiro atoms. The van der Waals surface area contributed by atoms with Gasteiger partial charge in [0.15, 0.2) is 0 Å². The summed E-state index contributed by atoms with van der Waals surface area (Å²) < 4.78 is 0. The van der Waals surface area contributed by atoms with Crippen molar-refractivity contribution < 1.29 is 9.59 Å². The maximum atomic E-state index is 13.2. The van der Waals surface area contributed by atoms with Crippen LogP contribution in [0.25, 0.3) is 10.6 Å². The smallest absolute Gasteiger partial charge is 0.265 e. The van der Waals surface area contributed by atoms with Gasteiger partial charge in [-0.25, -0.2) is 4.98 Å². The van der Waals surface area contributed by atoms with Gasteiger partial charge < -0.3 is 10.2 Å². The Morgan fingerprint density at radius 1 is 1.06 bits per heavy atom. The molecule has 1 aromatic carbocycles. The van der Waals surface area contributed by atoms with Gasteiger partial charge in [-0.15, -0.1) is 11.3 Å². The largest absolute Gasteiger partial charge is 0.353 e. The lowest BCUT2D eigenvalue weighted by Crippen LogP contribution is -2.44. The number of nitrogens with zero attached hydrogens (tertiary/aromatic N) is 2. The normalized spacial score (nSPS) is 18.9. The zero-order chi connectivity index (χ0) is 22.0. The first-order valence-corrected chi connectivity index (χ1v) is 12.4. The van der Waals surface area contributed by atoms with Gasteiger partial charge in [0.1, 0.15) is 9.88 Å². The number of likely N-dealkylation sites (tertiary alicyclic amines) is 1. The molecule has 2 aromatic rings. The van der Waals surface area contributed by atoms with E-state index in [1.807, 2.05) is 18.7 Å². The number of carbonyl (C=O) groups is 2. The van der Waals surface area contributed by atoms with Crippen LogP contribution in [0.2, 0.25) is 0 Å². The molecule has 2 aliphatic rings. The molecule has 166 valence electrons. The lowest BCUT2D eigenvalue weighted by molar-refractivity contribution is -0.127. The Bertz CT molecular complexity index is 923. The lowest BCUT2D eigenvalue weighted by atomic mass is 9.84. The maximum absolute atomic E-state index is 13.2. The van der Waals surface area contributed by atoms with Crippen LogP contribution in [0.15, 0.2) is 24.3 Å². The summed E-state index contributed by atoms with van der Waals surface area (Å²) in [4.78, 5) is 33.2. The Kier molecular flexibility index (Phi) is 6.75. The second kappa shape index (κ2) is 9.51. The fourth-order valence-electron chi connectivity index (χ4n) is 4.78. The van der Waals surface area contributed by atoms with Crippen molar-refractivity contribution in [1.82, 2.24) is 15.2 Å². The van der Waals surface area contributed by atoms with E-state index < -0.39 is 0 Å². The number of carbonyl (C=O) groups excluding carboxylic acids is 2. The second-order valence-corrected chi connectivity index (χ2v) is 10.2. The molecule has 1 saturated heterocycles. The third-order valence-electron chi connectivity index (χ3n) is 6.94. The Labute approximate surface area is 189 Å². The zero-order valence-corrected chi connectivity index (χ0v) is 19.6. The second-order valence-electron chi connectivity index (χ2n) is 9.21. The average molecular weight is 440 g/mol. The number of amides is 2. The van der Waals surface area contributed by atoms with E-state index in [0.717, 1.165) is 46.8 Å². The van der Waals surface area contributed by atoms with E-state index in [2.05, 4.69) is 41.5 Å². The van der Waals surface area contributed by atoms with Crippen molar-refractivity contribution in [1.29, 1.82) is 0 Å². The molecule has 1 aliphatic carbocycles. The SMILES string of the molecule is Cc1ccc(-c2nc(C)c(C(=O)N3CCC([C@@H](C)C(=O)NC4CCCC4)CC3)s2)cc1. The lowest BCUT2D eigenvalue weighted by Gasteiger charge is -2.34. The van der Waals surface area contributed by atoms with Crippen LogP contribution in [0.4, 0.5) is 0 Å². The number of benzene rings is 1. The van der Waals surface area contributed by atoms with Crippen LogP contribution in [0.5, 0.6) is 0 Å². The van der Waals surface area contributed by atoms with Gasteiger partial charge >= 0.3 is 0 Å². The molecule has 1 N–H and O–H groups in total. The van der Waals surface area contributed by atoms with E-state index in [-0.39, 0.29) is 17.7 Å². The van der Waals surface area contributed by atoms with Gasteiger partial charge in [-0.1, -0.05) is 49.6 Å². The summed E-state index contributed by atoms with van der Waals surface area (Å²) in [6.45, 7) is 7.45. The fraction of sp³-hybridized carbons (Fsp3) is 0.560. The molecule has 2 fully saturated rings. The predicted octanol–water partition coefficient (Wildman–Crippen LogP) is 4.97. The standard InChI is InChI=1S/C25H33N3O2S/c1-16-8-10-20(11-9-16)24-26-18(3)22(31-24)25(30)28-14-12-19(13-15-28)17(2)23(29)27-21-6-4-5-7-21/h8-11,17,19,21H,4-7,12-15H2,1-3H3,(H,27,29)/t17-/m1/s1. The van der Waals surface area contributed by atoms with E-state index in [9.17, 15) is 9.59 Å². The molecule has 1 aliphatic heterocycles. The summed E-state index contributed by atoms with van der Waals surface area (Å²) in [6.07, 6.45) is 6.45. The van der Waals surface area contributed by atoms with Gasteiger partial charge in [0.05, 0.1) is 5.69 Å². The van der Waals surface area contributed by atoms with Crippen molar-refractivity contribution in [3.63, 3.8) is 0 Å². The molecule has 2 amide bonds. The van der Waals surface area contributed by atoms with E-state index in [4.69, 9.17) is 0 Å². The Morgan fingerprint density at radius 2 is 1.71 bits per heavy atom. The summed E-state index contributed by atoms with van der Waals surface area (Å²) in [5.74, 6) is 0.625. The first kappa shape index (κ1) is 22.0. The highest BCUT2D eigenvalue weighted by molar-refractivity contribution is 7.17. The highest BCUT2D eigenvalue weighted by atomic mass is 32.1. The number of rotatable bonds is 5. The minimum atomic E-state index is 0.0103. The third-order valence-corrected chi connectivity index (χ3v) is 8.13. The van der Waals surface area contributed by atoms with Crippen molar-refractivity contribution in [2.45, 2.75) is 65.3 Å². The van der Waals surface area contributed by atoms with Gasteiger partial charge in [0.25, 0.3) is 5.91 Å². The third kappa shape index (κ3) is 5.00. The molecule has 0 bridgehead atoms. The highest BCUT2D eigenvalue weighted by Crippen LogP contribution is 2.31. The highest BCUT2D eigenvalue weighted by Gasteiger charge is 2.32. The minimum Gasteiger partial charge on any atom is -0.353 e. The number of piperidine rings is 1. The molecule has 1 aromatic heterocycles. The number of aromatic nitrogens is 1. The van der Waals surface area contributed by atoms with Crippen LogP contribution in [-0.4, -0.2) is 40.8 Å². The number of hydrogen-bond acceptors (Lipinski definition) is 4. The van der Waals surface area contributed by atoms with Gasteiger partial charge in [-0.3, -0.25) is 9.59 Å². The fourth-order valence-corrected chi connectivity index (χ4v) is 5.82. The van der Waals surface area contributed by atoms with Crippen LogP contribution in [-0.2, 0) is 4.79 Å². The Hall–Kier alpha value is -2.21. The molecule has 0 radical (unpaired) electrons. The molecule has 6 heteroatoms. The van der Waals surface area contributed by atoms with Crippen LogP contribution < -0.4 is 5.32 Å². The summed E-state index contributed by atoms with van der Waals surface area (Å²) in [5, 5.41) is 4.14. The molecule has 2 heterocycles. The molecule has 1 saturated carbocycles. The van der Waals surface area contributed by atoms with Crippen LogP contribution in [0.1, 0.15) is 66.4 Å². The van der Waals surface area contributed by atoms with Gasteiger partial charge in [0, 0.05) is 30.6 Å².